The summed E-state index contributed by atoms with van der Waals surface area (Å²) in [7, 11) is 0. The number of anilines is 1. The van der Waals surface area contributed by atoms with Crippen molar-refractivity contribution in [2.45, 2.75) is 52.5 Å². The number of nitrogen functional groups attached to an aromatic ring is 1. The lowest BCUT2D eigenvalue weighted by molar-refractivity contribution is 0.412. The van der Waals surface area contributed by atoms with Crippen LogP contribution in [0.4, 0.5) is 5.82 Å². The molecule has 112 valence electrons. The molecular weight excluding hydrogens is 258 g/mol. The third-order valence-corrected chi connectivity index (χ3v) is 4.49. The molecule has 3 rings (SSSR count). The van der Waals surface area contributed by atoms with Gasteiger partial charge in [0.05, 0.1) is 0 Å². The highest BCUT2D eigenvalue weighted by Gasteiger charge is 2.22. The highest BCUT2D eigenvalue weighted by atomic mass is 15.1. The molecular formula is C18H25N3. The Morgan fingerprint density at radius 3 is 2.48 bits per heavy atom. The van der Waals surface area contributed by atoms with E-state index in [-0.39, 0.29) is 5.41 Å². The van der Waals surface area contributed by atoms with Gasteiger partial charge in [-0.1, -0.05) is 52.0 Å². The van der Waals surface area contributed by atoms with Crippen LogP contribution in [0.1, 0.15) is 45.5 Å². The van der Waals surface area contributed by atoms with E-state index in [1.807, 2.05) is 0 Å². The van der Waals surface area contributed by atoms with Crippen molar-refractivity contribution >= 4 is 5.82 Å². The second-order valence-corrected chi connectivity index (χ2v) is 7.34. The van der Waals surface area contributed by atoms with E-state index in [4.69, 9.17) is 10.7 Å². The smallest absolute Gasteiger partial charge is 0.131 e. The molecule has 3 nitrogen and oxygen atoms in total. The molecule has 3 heteroatoms. The van der Waals surface area contributed by atoms with E-state index in [0.29, 0.717) is 5.92 Å². The Balaban J connectivity index is 1.98. The second-order valence-electron chi connectivity index (χ2n) is 7.34. The lowest BCUT2D eigenvalue weighted by atomic mass is 9.86. The van der Waals surface area contributed by atoms with Gasteiger partial charge in [0.25, 0.3) is 0 Å². The summed E-state index contributed by atoms with van der Waals surface area (Å²) >= 11 is 0. The fourth-order valence-electron chi connectivity index (χ4n) is 3.02. The minimum absolute atomic E-state index is 0.174. The van der Waals surface area contributed by atoms with E-state index in [1.165, 1.54) is 12.0 Å². The number of aromatic nitrogens is 2. The van der Waals surface area contributed by atoms with Crippen molar-refractivity contribution in [3.05, 3.63) is 35.7 Å². The minimum Gasteiger partial charge on any atom is -0.383 e. The summed E-state index contributed by atoms with van der Waals surface area (Å²) in [6.45, 7) is 9.97. The molecule has 2 aromatic rings. The van der Waals surface area contributed by atoms with E-state index >= 15 is 0 Å². The highest BCUT2D eigenvalue weighted by molar-refractivity contribution is 5.71. The number of hydrogen-bond acceptors (Lipinski definition) is 2. The summed E-state index contributed by atoms with van der Waals surface area (Å²) in [5.41, 5.74) is 9.90. The molecule has 1 aliphatic heterocycles. The van der Waals surface area contributed by atoms with Crippen LogP contribution >= 0.6 is 0 Å². The van der Waals surface area contributed by atoms with Gasteiger partial charge in [0.15, 0.2) is 0 Å². The largest absolute Gasteiger partial charge is 0.383 e. The molecule has 1 aliphatic rings. The second kappa shape index (κ2) is 4.90. The van der Waals surface area contributed by atoms with Gasteiger partial charge in [-0.05, 0) is 23.3 Å². The fourth-order valence-corrected chi connectivity index (χ4v) is 3.02. The number of rotatable bonds is 1. The maximum absolute atomic E-state index is 6.33. The third kappa shape index (κ3) is 2.57. The van der Waals surface area contributed by atoms with Crippen LogP contribution < -0.4 is 5.73 Å². The zero-order valence-corrected chi connectivity index (χ0v) is 13.5. The van der Waals surface area contributed by atoms with Crippen molar-refractivity contribution < 1.29 is 0 Å². The van der Waals surface area contributed by atoms with Gasteiger partial charge in [0.2, 0.25) is 0 Å². The van der Waals surface area contributed by atoms with Gasteiger partial charge in [0, 0.05) is 18.5 Å². The summed E-state index contributed by atoms with van der Waals surface area (Å²) in [6, 6.07) is 8.68. The molecule has 0 fully saturated rings. The lowest BCUT2D eigenvalue weighted by Gasteiger charge is -2.20. The Morgan fingerprint density at radius 1 is 1.19 bits per heavy atom. The van der Waals surface area contributed by atoms with Crippen LogP contribution in [0.3, 0.4) is 0 Å². The summed E-state index contributed by atoms with van der Waals surface area (Å²) in [5, 5.41) is 0. The molecule has 0 spiro atoms. The van der Waals surface area contributed by atoms with E-state index in [1.54, 1.807) is 0 Å². The first-order valence-electron chi connectivity index (χ1n) is 7.82. The third-order valence-electron chi connectivity index (χ3n) is 4.49. The Kier molecular flexibility index (Phi) is 3.31. The van der Waals surface area contributed by atoms with Gasteiger partial charge in [-0.25, -0.2) is 4.98 Å². The van der Waals surface area contributed by atoms with Gasteiger partial charge < -0.3 is 10.3 Å². The molecule has 21 heavy (non-hydrogen) atoms. The van der Waals surface area contributed by atoms with Crippen LogP contribution in [0.5, 0.6) is 0 Å². The molecule has 0 bridgehead atoms. The normalized spacial score (nSPS) is 18.6. The quantitative estimate of drug-likeness (QED) is 0.859. The highest BCUT2D eigenvalue weighted by Crippen LogP contribution is 2.32. The van der Waals surface area contributed by atoms with Crippen molar-refractivity contribution in [1.29, 1.82) is 0 Å². The van der Waals surface area contributed by atoms with Gasteiger partial charge >= 0.3 is 0 Å². The minimum atomic E-state index is 0.174. The maximum Gasteiger partial charge on any atom is 0.131 e. The van der Waals surface area contributed by atoms with Gasteiger partial charge in [-0.15, -0.1) is 0 Å². The monoisotopic (exact) mass is 283 g/mol. The summed E-state index contributed by atoms with van der Waals surface area (Å²) < 4.78 is 2.19. The van der Waals surface area contributed by atoms with E-state index in [0.717, 1.165) is 35.9 Å². The standard InChI is InChI=1S/C18H25N3/c1-12-9-10-21-15(11-12)20-16(17(21)19)13-5-7-14(8-6-13)18(2,3)4/h5-8,12H,9-11,19H2,1-4H3. The Morgan fingerprint density at radius 2 is 1.86 bits per heavy atom. The Hall–Kier alpha value is -1.77. The molecule has 0 radical (unpaired) electrons. The van der Waals surface area contributed by atoms with Crippen molar-refractivity contribution in [3.8, 4) is 11.3 Å². The number of benzene rings is 1. The van der Waals surface area contributed by atoms with Crippen molar-refractivity contribution in [2.24, 2.45) is 5.92 Å². The topological polar surface area (TPSA) is 43.8 Å². The van der Waals surface area contributed by atoms with Crippen LogP contribution in [0.15, 0.2) is 24.3 Å². The van der Waals surface area contributed by atoms with Crippen molar-refractivity contribution in [3.63, 3.8) is 0 Å². The average molecular weight is 283 g/mol. The molecule has 2 heterocycles. The molecule has 1 aromatic carbocycles. The first-order chi connectivity index (χ1) is 9.86. The van der Waals surface area contributed by atoms with E-state index < -0.39 is 0 Å². The maximum atomic E-state index is 6.33. The van der Waals surface area contributed by atoms with Crippen molar-refractivity contribution in [2.75, 3.05) is 5.73 Å². The molecule has 0 amide bonds. The molecule has 0 aliphatic carbocycles. The number of nitrogens with zero attached hydrogens (tertiary/aromatic N) is 2. The van der Waals surface area contributed by atoms with Gasteiger partial charge in [-0.3, -0.25) is 0 Å². The predicted molar refractivity (Wildman–Crippen MR) is 88.3 cm³/mol. The number of imidazole rings is 1. The number of fused-ring (bicyclic) bond motifs is 1. The first-order valence-corrected chi connectivity index (χ1v) is 7.82. The zero-order chi connectivity index (χ0) is 15.2. The van der Waals surface area contributed by atoms with Crippen LogP contribution in [0.25, 0.3) is 11.3 Å². The van der Waals surface area contributed by atoms with Crippen LogP contribution in [0.2, 0.25) is 0 Å². The molecule has 0 saturated heterocycles. The average Bonchev–Trinajstić information content (AvgIpc) is 2.74. The van der Waals surface area contributed by atoms with E-state index in [9.17, 15) is 0 Å². The first kappa shape index (κ1) is 14.2. The predicted octanol–water partition coefficient (Wildman–Crippen LogP) is 4.01. The lowest BCUT2D eigenvalue weighted by Crippen LogP contribution is -2.18. The molecule has 1 aromatic heterocycles. The van der Waals surface area contributed by atoms with Gasteiger partial charge in [-0.2, -0.15) is 0 Å². The van der Waals surface area contributed by atoms with Crippen LogP contribution in [-0.4, -0.2) is 9.55 Å². The molecule has 2 N–H and O–H groups in total. The van der Waals surface area contributed by atoms with Crippen LogP contribution in [0, 0.1) is 5.92 Å². The van der Waals surface area contributed by atoms with E-state index in [2.05, 4.69) is 56.5 Å². The number of hydrogen-bond donors (Lipinski definition) is 1. The summed E-state index contributed by atoms with van der Waals surface area (Å²) in [6.07, 6.45) is 2.22. The molecule has 1 unspecified atom stereocenters. The Bertz CT molecular complexity index is 644. The molecule has 1 atom stereocenters. The number of nitrogens with two attached hydrogens (primary N) is 1. The van der Waals surface area contributed by atoms with Gasteiger partial charge in [0.1, 0.15) is 17.3 Å². The van der Waals surface area contributed by atoms with Crippen LogP contribution in [-0.2, 0) is 18.4 Å². The zero-order valence-electron chi connectivity index (χ0n) is 13.5. The summed E-state index contributed by atoms with van der Waals surface area (Å²) in [5.74, 6) is 2.66. The Labute approximate surface area is 127 Å². The van der Waals surface area contributed by atoms with Crippen molar-refractivity contribution in [1.82, 2.24) is 9.55 Å². The molecule has 0 saturated carbocycles. The summed E-state index contributed by atoms with van der Waals surface area (Å²) in [4.78, 5) is 4.80. The fraction of sp³-hybridized carbons (Fsp3) is 0.500. The SMILES string of the molecule is CC1CCn2c(nc(-c3ccc(C(C)(C)C)cc3)c2N)C1.